The lowest BCUT2D eigenvalue weighted by atomic mass is 9.85. The maximum Gasteiger partial charge on any atom is 0.318 e. The molecule has 9 nitrogen and oxygen atoms in total. The molecule has 3 aromatic rings. The molecule has 4 fully saturated rings. The molecule has 0 saturated carbocycles. The van der Waals surface area contributed by atoms with E-state index in [4.69, 9.17) is 0 Å². The van der Waals surface area contributed by atoms with Gasteiger partial charge in [-0.15, -0.1) is 11.3 Å². The normalized spacial score (nSPS) is 21.7. The van der Waals surface area contributed by atoms with Crippen molar-refractivity contribution in [3.63, 3.8) is 0 Å². The van der Waals surface area contributed by atoms with Crippen LogP contribution in [0.5, 0.6) is 0 Å². The highest BCUT2D eigenvalue weighted by atomic mass is 32.1. The van der Waals surface area contributed by atoms with Crippen molar-refractivity contribution in [1.82, 2.24) is 25.3 Å². The minimum absolute atomic E-state index is 0.00892. The molecule has 238 valence electrons. The number of anilines is 1. The van der Waals surface area contributed by atoms with E-state index in [1.54, 1.807) is 16.2 Å². The number of carbonyl (C=O) groups is 3. The minimum Gasteiger partial charge on any atom is -0.341 e. The van der Waals surface area contributed by atoms with E-state index in [2.05, 4.69) is 37.9 Å². The molecule has 1 spiro atoms. The number of nitrogens with zero attached hydrogens (tertiary/aromatic N) is 4. The quantitative estimate of drug-likeness (QED) is 0.422. The van der Waals surface area contributed by atoms with Crippen LogP contribution in [0.1, 0.15) is 50.5 Å². The van der Waals surface area contributed by atoms with Crippen molar-refractivity contribution in [2.75, 3.05) is 50.8 Å². The zero-order chi connectivity index (χ0) is 30.8. The highest BCUT2D eigenvalue weighted by Gasteiger charge is 2.51. The van der Waals surface area contributed by atoms with Crippen LogP contribution >= 0.6 is 11.3 Å². The summed E-state index contributed by atoms with van der Waals surface area (Å²) < 4.78 is 1.19. The third-order valence-electron chi connectivity index (χ3n) is 10.5. The summed E-state index contributed by atoms with van der Waals surface area (Å²) in [5, 5.41) is 9.48. The van der Waals surface area contributed by atoms with Gasteiger partial charge in [-0.05, 0) is 86.1 Å². The van der Waals surface area contributed by atoms with Crippen LogP contribution < -0.4 is 15.5 Å². The van der Waals surface area contributed by atoms with Crippen molar-refractivity contribution in [2.45, 2.75) is 69.0 Å². The summed E-state index contributed by atoms with van der Waals surface area (Å²) in [4.78, 5) is 49.6. The predicted molar refractivity (Wildman–Crippen MR) is 178 cm³/mol. The minimum atomic E-state index is -0.665. The van der Waals surface area contributed by atoms with Crippen LogP contribution in [0.2, 0.25) is 0 Å². The monoisotopic (exact) mass is 628 g/mol. The van der Waals surface area contributed by atoms with Crippen LogP contribution in [0.4, 0.5) is 10.5 Å². The zero-order valence-corrected chi connectivity index (χ0v) is 26.8. The Labute approximate surface area is 269 Å². The number of piperidine rings is 3. The van der Waals surface area contributed by atoms with Crippen molar-refractivity contribution >= 4 is 45.0 Å². The highest BCUT2D eigenvalue weighted by molar-refractivity contribution is 7.17. The maximum absolute atomic E-state index is 14.1. The van der Waals surface area contributed by atoms with Gasteiger partial charge in [0.25, 0.3) is 0 Å². The molecular formula is C35H44N6O3S. The van der Waals surface area contributed by atoms with Gasteiger partial charge in [0, 0.05) is 49.0 Å². The topological polar surface area (TPSA) is 88.2 Å². The van der Waals surface area contributed by atoms with E-state index in [1.807, 2.05) is 47.4 Å². The number of benzene rings is 2. The van der Waals surface area contributed by atoms with Gasteiger partial charge in [-0.3, -0.25) is 9.59 Å². The molecule has 7 rings (SSSR count). The second kappa shape index (κ2) is 13.0. The average molecular weight is 629 g/mol. The van der Waals surface area contributed by atoms with Gasteiger partial charge in [0.2, 0.25) is 11.8 Å². The first kappa shape index (κ1) is 30.0. The molecular weight excluding hydrogens is 584 g/mol. The van der Waals surface area contributed by atoms with Crippen LogP contribution in [0.15, 0.2) is 60.0 Å². The Balaban J connectivity index is 1.04. The molecule has 4 amide bonds. The number of urea groups is 1. The molecule has 2 aromatic carbocycles. The molecule has 4 saturated heterocycles. The number of fused-ring (bicyclic) bond motifs is 1. The first-order valence-corrected chi connectivity index (χ1v) is 17.5. The largest absolute Gasteiger partial charge is 0.341 e. The molecule has 10 heteroatoms. The number of para-hydroxylation sites is 1. The van der Waals surface area contributed by atoms with Crippen molar-refractivity contribution < 1.29 is 14.4 Å². The van der Waals surface area contributed by atoms with Crippen molar-refractivity contribution in [1.29, 1.82) is 0 Å². The fraction of sp³-hybridized carbons (Fsp3) is 0.514. The van der Waals surface area contributed by atoms with Crippen LogP contribution in [-0.2, 0) is 16.0 Å². The van der Waals surface area contributed by atoms with Gasteiger partial charge in [0.1, 0.15) is 11.6 Å². The second-order valence-corrected chi connectivity index (χ2v) is 14.0. The zero-order valence-electron chi connectivity index (χ0n) is 26.0. The SMILES string of the molecule is O=C(N[C@H](Cc1csc2ccccc12)C(=O)N1CCC(N2CCCCC2)CC1)N1CCC2(CC1)C(=O)NCN2c1ccccc1. The van der Waals surface area contributed by atoms with E-state index in [-0.39, 0.29) is 17.8 Å². The molecule has 4 aliphatic rings. The van der Waals surface area contributed by atoms with Crippen LogP contribution in [0.25, 0.3) is 10.1 Å². The molecule has 5 heterocycles. The van der Waals surface area contributed by atoms with Gasteiger partial charge in [0.15, 0.2) is 0 Å². The number of hydrogen-bond acceptors (Lipinski definition) is 6. The van der Waals surface area contributed by atoms with E-state index >= 15 is 0 Å². The smallest absolute Gasteiger partial charge is 0.318 e. The Morgan fingerprint density at radius 2 is 1.60 bits per heavy atom. The maximum atomic E-state index is 14.1. The Kier molecular flexibility index (Phi) is 8.68. The standard InChI is InChI=1S/C35H44N6O3S/c42-32(39-19-13-27(14-20-39)38-17-7-2-8-18-38)30(23-26-24-45-31-12-6-5-11-29(26)31)37-34(44)40-21-15-35(16-22-40)33(43)36-25-41(35)28-9-3-1-4-10-28/h1,3-6,9-12,24,27,30H,2,7-8,13-23,25H2,(H,36,43)(H,37,44)/t30-/m1/s1. The summed E-state index contributed by atoms with van der Waals surface area (Å²) in [6.45, 7) is 5.17. The van der Waals surface area contributed by atoms with E-state index in [0.29, 0.717) is 45.1 Å². The number of carbonyl (C=O) groups excluding carboxylic acids is 3. The Morgan fingerprint density at radius 1 is 0.889 bits per heavy atom. The van der Waals surface area contributed by atoms with Crippen molar-refractivity contribution in [3.8, 4) is 0 Å². The molecule has 4 aliphatic heterocycles. The molecule has 1 aromatic heterocycles. The number of rotatable bonds is 6. The number of hydrogen-bond donors (Lipinski definition) is 2. The third kappa shape index (κ3) is 6.02. The lowest BCUT2D eigenvalue weighted by molar-refractivity contribution is -0.134. The second-order valence-electron chi connectivity index (χ2n) is 13.1. The lowest BCUT2D eigenvalue weighted by Gasteiger charge is -2.43. The van der Waals surface area contributed by atoms with Gasteiger partial charge < -0.3 is 30.2 Å². The van der Waals surface area contributed by atoms with Crippen LogP contribution in [0, 0.1) is 0 Å². The molecule has 0 bridgehead atoms. The molecule has 1 atom stereocenters. The Bertz CT molecular complexity index is 1510. The molecule has 0 radical (unpaired) electrons. The van der Waals surface area contributed by atoms with E-state index in [9.17, 15) is 14.4 Å². The Morgan fingerprint density at radius 3 is 2.36 bits per heavy atom. The first-order chi connectivity index (χ1) is 22.0. The summed E-state index contributed by atoms with van der Waals surface area (Å²) in [7, 11) is 0. The molecule has 2 N–H and O–H groups in total. The van der Waals surface area contributed by atoms with Gasteiger partial charge in [0.05, 0.1) is 6.67 Å². The lowest BCUT2D eigenvalue weighted by Crippen LogP contribution is -2.60. The average Bonchev–Trinajstić information content (AvgIpc) is 3.65. The summed E-state index contributed by atoms with van der Waals surface area (Å²) in [6.07, 6.45) is 7.39. The van der Waals surface area contributed by atoms with Gasteiger partial charge >= 0.3 is 6.03 Å². The van der Waals surface area contributed by atoms with E-state index in [0.717, 1.165) is 42.6 Å². The van der Waals surface area contributed by atoms with E-state index < -0.39 is 11.6 Å². The first-order valence-electron chi connectivity index (χ1n) is 16.7. The molecule has 0 aliphatic carbocycles. The fourth-order valence-electron chi connectivity index (χ4n) is 7.92. The summed E-state index contributed by atoms with van der Waals surface area (Å²) >= 11 is 1.68. The number of likely N-dealkylation sites (tertiary alicyclic amines) is 3. The molecule has 0 unspecified atom stereocenters. The fourth-order valence-corrected chi connectivity index (χ4v) is 8.89. The van der Waals surface area contributed by atoms with Crippen LogP contribution in [0.3, 0.4) is 0 Å². The van der Waals surface area contributed by atoms with Gasteiger partial charge in [-0.25, -0.2) is 4.79 Å². The number of nitrogens with one attached hydrogen (secondary N) is 2. The summed E-state index contributed by atoms with van der Waals surface area (Å²) in [5.74, 6) is 0.0337. The summed E-state index contributed by atoms with van der Waals surface area (Å²) in [5.41, 5.74) is 1.43. The van der Waals surface area contributed by atoms with E-state index in [1.165, 1.54) is 37.1 Å². The third-order valence-corrected chi connectivity index (χ3v) is 11.6. The van der Waals surface area contributed by atoms with Crippen molar-refractivity contribution in [3.05, 3.63) is 65.5 Å². The van der Waals surface area contributed by atoms with Gasteiger partial charge in [-0.2, -0.15) is 0 Å². The number of amides is 4. The predicted octanol–water partition coefficient (Wildman–Crippen LogP) is 4.43. The highest BCUT2D eigenvalue weighted by Crippen LogP contribution is 2.36. The Hall–Kier alpha value is -3.63. The van der Waals surface area contributed by atoms with Crippen LogP contribution in [-0.4, -0.2) is 96.1 Å². The molecule has 45 heavy (non-hydrogen) atoms. The van der Waals surface area contributed by atoms with Crippen molar-refractivity contribution in [2.24, 2.45) is 0 Å². The summed E-state index contributed by atoms with van der Waals surface area (Å²) in [6, 6.07) is 17.9. The number of thiophene rings is 1. The van der Waals surface area contributed by atoms with Gasteiger partial charge in [-0.1, -0.05) is 42.8 Å².